The zero-order valence-electron chi connectivity index (χ0n) is 27.1. The lowest BCUT2D eigenvalue weighted by Crippen LogP contribution is -2.66. The van der Waals surface area contributed by atoms with Crippen LogP contribution in [-0.4, -0.2) is 0 Å². The molecule has 0 saturated heterocycles. The Labute approximate surface area is 255 Å². The largest absolute Gasteiger partial charge is 0.115 e. The van der Waals surface area contributed by atoms with Crippen molar-refractivity contribution in [3.8, 4) is 24.7 Å². The highest BCUT2D eigenvalue weighted by Gasteiger charge is 2.70. The first-order valence-electron chi connectivity index (χ1n) is 17.1. The van der Waals surface area contributed by atoms with E-state index in [-0.39, 0.29) is 0 Å². The molecule has 0 aliphatic heterocycles. The Balaban J connectivity index is 1.26. The van der Waals surface area contributed by atoms with Crippen molar-refractivity contribution in [1.82, 2.24) is 0 Å². The van der Waals surface area contributed by atoms with E-state index in [1.807, 2.05) is 0 Å². The maximum absolute atomic E-state index is 6.01. The van der Waals surface area contributed by atoms with Crippen molar-refractivity contribution >= 4 is 0 Å². The average molecular weight is 555 g/mol. The molecule has 218 valence electrons. The van der Waals surface area contributed by atoms with Crippen LogP contribution in [0.2, 0.25) is 0 Å². The van der Waals surface area contributed by atoms with Gasteiger partial charge in [0.2, 0.25) is 0 Å². The van der Waals surface area contributed by atoms with Gasteiger partial charge in [0.1, 0.15) is 0 Å². The van der Waals surface area contributed by atoms with Crippen LogP contribution in [0.3, 0.4) is 0 Å². The fourth-order valence-corrected chi connectivity index (χ4v) is 14.1. The minimum atomic E-state index is 0.352. The van der Waals surface area contributed by atoms with E-state index in [4.69, 9.17) is 12.8 Å². The van der Waals surface area contributed by atoms with Crippen LogP contribution < -0.4 is 0 Å². The first-order valence-corrected chi connectivity index (χ1v) is 17.1. The van der Waals surface area contributed by atoms with E-state index in [9.17, 15) is 0 Å². The van der Waals surface area contributed by atoms with Gasteiger partial charge in [0.05, 0.1) is 0 Å². The second-order valence-corrected chi connectivity index (χ2v) is 17.1. The van der Waals surface area contributed by atoms with Gasteiger partial charge in [-0.15, -0.1) is 12.8 Å². The van der Waals surface area contributed by atoms with Crippen molar-refractivity contribution in [2.24, 2.45) is 34.5 Å². The molecule has 2 aromatic carbocycles. The molecular formula is C42H50. The van der Waals surface area contributed by atoms with Crippen LogP contribution >= 0.6 is 0 Å². The lowest BCUT2D eigenvalue weighted by molar-refractivity contribution is -0.212. The Kier molecular flexibility index (Phi) is 5.55. The first-order chi connectivity index (χ1) is 20.0. The number of aryl methyl sites for hydroxylation is 2. The van der Waals surface area contributed by atoms with Crippen LogP contribution in [0.15, 0.2) is 12.1 Å². The number of terminal acetylenes is 2. The van der Waals surface area contributed by atoms with E-state index in [0.717, 1.165) is 34.8 Å². The smallest absolute Gasteiger partial charge is 0.0303 e. The molecule has 0 aromatic heterocycles. The van der Waals surface area contributed by atoms with Crippen LogP contribution in [0.1, 0.15) is 133 Å². The topological polar surface area (TPSA) is 0 Å². The Bertz CT molecular complexity index is 1460. The van der Waals surface area contributed by atoms with Crippen molar-refractivity contribution < 1.29 is 0 Å². The number of rotatable bonds is 3. The van der Waals surface area contributed by atoms with E-state index in [1.54, 1.807) is 11.1 Å². The van der Waals surface area contributed by atoms with Crippen LogP contribution in [0, 0.1) is 101 Å². The van der Waals surface area contributed by atoms with Gasteiger partial charge in [0.25, 0.3) is 0 Å². The fourth-order valence-electron chi connectivity index (χ4n) is 14.1. The average Bonchev–Trinajstić information content (AvgIpc) is 2.92. The van der Waals surface area contributed by atoms with Crippen molar-refractivity contribution in [2.45, 2.75) is 129 Å². The summed E-state index contributed by atoms with van der Waals surface area (Å²) in [5, 5.41) is 0. The molecule has 0 radical (unpaired) electrons. The Morgan fingerprint density at radius 1 is 0.524 bits per heavy atom. The quantitative estimate of drug-likeness (QED) is 0.331. The molecule has 8 aliphatic carbocycles. The molecule has 2 aromatic rings. The predicted molar refractivity (Wildman–Crippen MR) is 175 cm³/mol. The molecule has 10 rings (SSSR count). The van der Waals surface area contributed by atoms with Gasteiger partial charge in [-0.1, -0.05) is 24.0 Å². The molecular weight excluding hydrogens is 504 g/mol. The first kappa shape index (κ1) is 27.1. The lowest BCUT2D eigenvalue weighted by Gasteiger charge is -2.74. The van der Waals surface area contributed by atoms with Gasteiger partial charge in [0.15, 0.2) is 0 Å². The van der Waals surface area contributed by atoms with Crippen LogP contribution in [0.5, 0.6) is 0 Å². The summed E-state index contributed by atoms with van der Waals surface area (Å²) in [4.78, 5) is 0. The molecule has 4 atom stereocenters. The highest BCUT2D eigenvalue weighted by atomic mass is 14.7. The molecule has 4 unspecified atom stereocenters. The Morgan fingerprint density at radius 3 is 1.17 bits per heavy atom. The molecule has 0 amide bonds. The van der Waals surface area contributed by atoms with Gasteiger partial charge in [-0.05, 0) is 208 Å². The molecule has 0 heterocycles. The summed E-state index contributed by atoms with van der Waals surface area (Å²) < 4.78 is 0. The Morgan fingerprint density at radius 2 is 0.857 bits per heavy atom. The van der Waals surface area contributed by atoms with Crippen molar-refractivity contribution in [1.29, 1.82) is 0 Å². The zero-order chi connectivity index (χ0) is 29.4. The highest BCUT2D eigenvalue weighted by Crippen LogP contribution is 2.79. The predicted octanol–water partition coefficient (Wildman–Crippen LogP) is 9.88. The normalized spacial score (nSPS) is 40.8. The van der Waals surface area contributed by atoms with Gasteiger partial charge in [-0.2, -0.15) is 0 Å². The molecule has 8 bridgehead atoms. The molecule has 0 spiro atoms. The van der Waals surface area contributed by atoms with E-state index in [1.165, 1.54) is 110 Å². The van der Waals surface area contributed by atoms with Crippen LogP contribution in [-0.2, 0) is 10.8 Å². The van der Waals surface area contributed by atoms with Crippen LogP contribution in [0.4, 0.5) is 0 Å². The summed E-state index contributed by atoms with van der Waals surface area (Å²) in [5.41, 5.74) is 15.7. The van der Waals surface area contributed by atoms with E-state index >= 15 is 0 Å². The number of benzene rings is 2. The molecule has 8 aliphatic rings. The second kappa shape index (κ2) is 8.59. The summed E-state index contributed by atoms with van der Waals surface area (Å²) in [6, 6.07) is 5.11. The molecule has 0 heteroatoms. The summed E-state index contributed by atoms with van der Waals surface area (Å²) >= 11 is 0. The minimum absolute atomic E-state index is 0.352. The van der Waals surface area contributed by atoms with Crippen molar-refractivity contribution in [3.63, 3.8) is 0 Å². The van der Waals surface area contributed by atoms with Gasteiger partial charge >= 0.3 is 0 Å². The van der Waals surface area contributed by atoms with Gasteiger partial charge in [-0.25, -0.2) is 0 Å². The van der Waals surface area contributed by atoms with Gasteiger partial charge in [0, 0.05) is 11.1 Å². The number of hydrogen-bond donors (Lipinski definition) is 0. The summed E-state index contributed by atoms with van der Waals surface area (Å²) in [6.45, 7) is 13.9. The maximum Gasteiger partial charge on any atom is 0.0303 e. The Hall–Kier alpha value is -2.44. The SMILES string of the molecule is C#Cc1c(C)cc(C23CC4CC(C2)CC(C25CC6CC(CC(c7cc(C)c(C#C)c(C)c7C)(C6)C2)C5)(C4)C3)c(C)c1C. The molecule has 8 saturated carbocycles. The standard InChI is InChI=1S/C42H50/c1-9-35-25(3)11-37(29(7)27(35)5)39-15-31-13-32(16-39)20-41(19-31,23-39)42-21-33-14-34(22-42)18-40(17-33,24-42)38-12-26(4)36(10-2)28(6)30(38)8/h1-2,11-12,31-34H,13-24H2,3-8H3. The summed E-state index contributed by atoms with van der Waals surface area (Å²) in [6.07, 6.45) is 29.6. The molecule has 42 heavy (non-hydrogen) atoms. The second-order valence-electron chi connectivity index (χ2n) is 17.1. The van der Waals surface area contributed by atoms with Crippen molar-refractivity contribution in [3.05, 3.63) is 67.8 Å². The van der Waals surface area contributed by atoms with Gasteiger partial charge < -0.3 is 0 Å². The summed E-state index contributed by atoms with van der Waals surface area (Å²) in [5.74, 6) is 9.69. The third kappa shape index (κ3) is 3.34. The minimum Gasteiger partial charge on any atom is -0.115 e. The maximum atomic E-state index is 6.01. The fraction of sp³-hybridized carbons (Fsp3) is 0.619. The zero-order valence-corrected chi connectivity index (χ0v) is 27.1. The van der Waals surface area contributed by atoms with E-state index in [0.29, 0.717) is 21.7 Å². The van der Waals surface area contributed by atoms with Gasteiger partial charge in [-0.3, -0.25) is 0 Å². The van der Waals surface area contributed by atoms with Crippen molar-refractivity contribution in [2.75, 3.05) is 0 Å². The van der Waals surface area contributed by atoms with E-state index in [2.05, 4.69) is 65.5 Å². The third-order valence-electron chi connectivity index (χ3n) is 14.9. The summed E-state index contributed by atoms with van der Waals surface area (Å²) in [7, 11) is 0. The third-order valence-corrected chi connectivity index (χ3v) is 14.9. The molecule has 0 N–H and O–H groups in total. The van der Waals surface area contributed by atoms with Crippen LogP contribution in [0.25, 0.3) is 0 Å². The lowest BCUT2D eigenvalue weighted by atomic mass is 9.30. The molecule has 0 nitrogen and oxygen atoms in total. The molecule has 8 fully saturated rings. The highest BCUT2D eigenvalue weighted by molar-refractivity contribution is 5.56. The monoisotopic (exact) mass is 554 g/mol. The van der Waals surface area contributed by atoms with E-state index < -0.39 is 0 Å². The number of hydrogen-bond acceptors (Lipinski definition) is 0.